The lowest BCUT2D eigenvalue weighted by atomic mass is 10.1. The van der Waals surface area contributed by atoms with Crippen molar-refractivity contribution in [3.05, 3.63) is 71.5 Å². The summed E-state index contributed by atoms with van der Waals surface area (Å²) in [4.78, 5) is 0. The Morgan fingerprint density at radius 1 is 0.905 bits per heavy atom. The summed E-state index contributed by atoms with van der Waals surface area (Å²) in [7, 11) is 1.72. The molecule has 3 rings (SSSR count). The molecular formula is C18H19NO2. The first-order valence-electron chi connectivity index (χ1n) is 7.10. The second kappa shape index (κ2) is 6.57. The maximum atomic E-state index is 5.55. The molecule has 0 aliphatic rings. The number of rotatable bonds is 6. The lowest BCUT2D eigenvalue weighted by Gasteiger charge is -2.09. The first kappa shape index (κ1) is 13.9. The molecule has 0 fully saturated rings. The van der Waals surface area contributed by atoms with E-state index in [1.807, 2.05) is 30.5 Å². The highest BCUT2D eigenvalue weighted by atomic mass is 16.5. The van der Waals surface area contributed by atoms with Crippen molar-refractivity contribution in [1.82, 2.24) is 5.32 Å². The van der Waals surface area contributed by atoms with Crippen molar-refractivity contribution in [2.75, 3.05) is 7.11 Å². The van der Waals surface area contributed by atoms with Crippen molar-refractivity contribution >= 4 is 11.0 Å². The third-order valence-electron chi connectivity index (χ3n) is 3.61. The van der Waals surface area contributed by atoms with Crippen LogP contribution in [-0.4, -0.2) is 7.11 Å². The van der Waals surface area contributed by atoms with Gasteiger partial charge in [-0.2, -0.15) is 0 Å². The van der Waals surface area contributed by atoms with Crippen LogP contribution in [0.15, 0.2) is 59.2 Å². The molecule has 3 heteroatoms. The second-order valence-electron chi connectivity index (χ2n) is 5.06. The molecule has 1 heterocycles. The van der Waals surface area contributed by atoms with Gasteiger partial charge in [0.2, 0.25) is 0 Å². The van der Waals surface area contributed by atoms with Gasteiger partial charge in [-0.1, -0.05) is 42.5 Å². The highest BCUT2D eigenvalue weighted by Crippen LogP contribution is 2.20. The average Bonchev–Trinajstić information content (AvgIpc) is 2.93. The Balaban J connectivity index is 1.66. The van der Waals surface area contributed by atoms with Crippen LogP contribution in [0.1, 0.15) is 16.7 Å². The smallest absolute Gasteiger partial charge is 0.134 e. The fourth-order valence-electron chi connectivity index (χ4n) is 2.53. The standard InChI is InChI=1S/C18H19NO2/c1-20-12-15-7-3-2-6-14(15)10-19-11-16-13-21-18-9-5-4-8-17(16)18/h2-9,13,19H,10-12H2,1H3. The normalized spacial score (nSPS) is 11.1. The molecule has 0 bridgehead atoms. The molecule has 0 saturated heterocycles. The molecule has 1 N–H and O–H groups in total. The molecule has 0 aliphatic heterocycles. The van der Waals surface area contributed by atoms with Gasteiger partial charge in [-0.3, -0.25) is 0 Å². The van der Waals surface area contributed by atoms with Gasteiger partial charge in [-0.15, -0.1) is 0 Å². The summed E-state index contributed by atoms with van der Waals surface area (Å²) in [6, 6.07) is 16.5. The van der Waals surface area contributed by atoms with Crippen molar-refractivity contribution in [3.63, 3.8) is 0 Å². The van der Waals surface area contributed by atoms with Crippen molar-refractivity contribution < 1.29 is 9.15 Å². The molecule has 3 nitrogen and oxygen atoms in total. The largest absolute Gasteiger partial charge is 0.464 e. The molecule has 0 aliphatic carbocycles. The van der Waals surface area contributed by atoms with Gasteiger partial charge in [0, 0.05) is 31.1 Å². The highest BCUT2D eigenvalue weighted by Gasteiger charge is 2.05. The van der Waals surface area contributed by atoms with Gasteiger partial charge in [-0.05, 0) is 17.2 Å². The van der Waals surface area contributed by atoms with Crippen LogP contribution in [-0.2, 0) is 24.4 Å². The number of hydrogen-bond acceptors (Lipinski definition) is 3. The molecule has 0 unspecified atom stereocenters. The van der Waals surface area contributed by atoms with Crippen molar-refractivity contribution in [2.24, 2.45) is 0 Å². The summed E-state index contributed by atoms with van der Waals surface area (Å²) in [5.41, 5.74) is 4.63. The van der Waals surface area contributed by atoms with Gasteiger partial charge in [0.15, 0.2) is 0 Å². The van der Waals surface area contributed by atoms with E-state index in [0.717, 1.165) is 18.7 Å². The number of para-hydroxylation sites is 1. The summed E-state index contributed by atoms with van der Waals surface area (Å²) < 4.78 is 10.8. The van der Waals surface area contributed by atoms with E-state index in [4.69, 9.17) is 9.15 Å². The van der Waals surface area contributed by atoms with E-state index in [9.17, 15) is 0 Å². The Morgan fingerprint density at radius 3 is 2.48 bits per heavy atom. The molecule has 108 valence electrons. The van der Waals surface area contributed by atoms with E-state index in [2.05, 4.69) is 29.6 Å². The van der Waals surface area contributed by atoms with E-state index >= 15 is 0 Å². The van der Waals surface area contributed by atoms with Crippen LogP contribution in [0.25, 0.3) is 11.0 Å². The minimum Gasteiger partial charge on any atom is -0.464 e. The van der Waals surface area contributed by atoms with Gasteiger partial charge < -0.3 is 14.5 Å². The number of ether oxygens (including phenoxy) is 1. The third kappa shape index (κ3) is 3.15. The lowest BCUT2D eigenvalue weighted by molar-refractivity contribution is 0.184. The second-order valence-corrected chi connectivity index (χ2v) is 5.06. The van der Waals surface area contributed by atoms with E-state index in [1.54, 1.807) is 7.11 Å². The Kier molecular flexibility index (Phi) is 4.34. The predicted octanol–water partition coefficient (Wildman–Crippen LogP) is 3.87. The summed E-state index contributed by atoms with van der Waals surface area (Å²) in [5, 5.41) is 4.66. The molecule has 3 aromatic rings. The summed E-state index contributed by atoms with van der Waals surface area (Å²) in [6.07, 6.45) is 1.83. The van der Waals surface area contributed by atoms with E-state index < -0.39 is 0 Å². The molecule has 21 heavy (non-hydrogen) atoms. The molecule has 0 atom stereocenters. The highest BCUT2D eigenvalue weighted by molar-refractivity contribution is 5.80. The number of fused-ring (bicyclic) bond motifs is 1. The molecule has 0 spiro atoms. The Morgan fingerprint density at radius 2 is 1.62 bits per heavy atom. The minimum absolute atomic E-state index is 0.645. The number of furan rings is 1. The Hall–Kier alpha value is -2.10. The maximum absolute atomic E-state index is 5.55. The van der Waals surface area contributed by atoms with Crippen LogP contribution in [0.4, 0.5) is 0 Å². The monoisotopic (exact) mass is 281 g/mol. The fourth-order valence-corrected chi connectivity index (χ4v) is 2.53. The van der Waals surface area contributed by atoms with Gasteiger partial charge >= 0.3 is 0 Å². The number of methoxy groups -OCH3 is 1. The van der Waals surface area contributed by atoms with E-state index in [1.165, 1.54) is 22.1 Å². The third-order valence-corrected chi connectivity index (χ3v) is 3.61. The van der Waals surface area contributed by atoms with E-state index in [0.29, 0.717) is 6.61 Å². The number of hydrogen-bond donors (Lipinski definition) is 1. The van der Waals surface area contributed by atoms with Crippen LogP contribution >= 0.6 is 0 Å². The van der Waals surface area contributed by atoms with Crippen molar-refractivity contribution in [2.45, 2.75) is 19.7 Å². The van der Waals surface area contributed by atoms with Crippen LogP contribution in [0.5, 0.6) is 0 Å². The summed E-state index contributed by atoms with van der Waals surface area (Å²) in [5.74, 6) is 0. The zero-order valence-electron chi connectivity index (χ0n) is 12.1. The van der Waals surface area contributed by atoms with Gasteiger partial charge in [0.1, 0.15) is 5.58 Å². The SMILES string of the molecule is COCc1ccccc1CNCc1coc2ccccc12. The fraction of sp³-hybridized carbons (Fsp3) is 0.222. The van der Waals surface area contributed by atoms with Crippen LogP contribution in [0, 0.1) is 0 Å². The number of benzene rings is 2. The van der Waals surface area contributed by atoms with Crippen LogP contribution < -0.4 is 5.32 Å². The average molecular weight is 281 g/mol. The summed E-state index contributed by atoms with van der Waals surface area (Å²) >= 11 is 0. The Labute approximate surface area is 124 Å². The number of nitrogens with one attached hydrogen (secondary N) is 1. The topological polar surface area (TPSA) is 34.4 Å². The van der Waals surface area contributed by atoms with E-state index in [-0.39, 0.29) is 0 Å². The lowest BCUT2D eigenvalue weighted by Crippen LogP contribution is -2.14. The molecule has 2 aromatic carbocycles. The van der Waals surface area contributed by atoms with Crippen molar-refractivity contribution in [1.29, 1.82) is 0 Å². The molecule has 1 aromatic heterocycles. The first-order chi connectivity index (χ1) is 10.4. The van der Waals surface area contributed by atoms with Gasteiger partial charge in [-0.25, -0.2) is 0 Å². The van der Waals surface area contributed by atoms with Gasteiger partial charge in [0.25, 0.3) is 0 Å². The van der Waals surface area contributed by atoms with Crippen LogP contribution in [0.2, 0.25) is 0 Å². The zero-order chi connectivity index (χ0) is 14.5. The molecular weight excluding hydrogens is 262 g/mol. The van der Waals surface area contributed by atoms with Crippen molar-refractivity contribution in [3.8, 4) is 0 Å². The zero-order valence-corrected chi connectivity index (χ0v) is 12.1. The summed E-state index contributed by atoms with van der Waals surface area (Å²) in [6.45, 7) is 2.25. The molecule has 0 amide bonds. The minimum atomic E-state index is 0.645. The van der Waals surface area contributed by atoms with Crippen LogP contribution in [0.3, 0.4) is 0 Å². The maximum Gasteiger partial charge on any atom is 0.134 e. The quantitative estimate of drug-likeness (QED) is 0.745. The van der Waals surface area contributed by atoms with Gasteiger partial charge in [0.05, 0.1) is 12.9 Å². The molecule has 0 radical (unpaired) electrons. The molecule has 0 saturated carbocycles. The predicted molar refractivity (Wildman–Crippen MR) is 83.9 cm³/mol. The first-order valence-corrected chi connectivity index (χ1v) is 7.10. The Bertz CT molecular complexity index is 718.